The van der Waals surface area contributed by atoms with Gasteiger partial charge in [-0.05, 0) is 55.2 Å². The molecule has 0 aliphatic heterocycles. The highest BCUT2D eigenvalue weighted by Crippen LogP contribution is 2.31. The van der Waals surface area contributed by atoms with Crippen molar-refractivity contribution in [1.29, 1.82) is 0 Å². The zero-order valence-electron chi connectivity index (χ0n) is 20.5. The van der Waals surface area contributed by atoms with E-state index in [1.165, 1.54) is 5.56 Å². The summed E-state index contributed by atoms with van der Waals surface area (Å²) in [5, 5.41) is 14.0. The summed E-state index contributed by atoms with van der Waals surface area (Å²) in [5.41, 5.74) is 7.59. The summed E-state index contributed by atoms with van der Waals surface area (Å²) in [6, 6.07) is 6.30. The van der Waals surface area contributed by atoms with Gasteiger partial charge in [0.1, 0.15) is 0 Å². The molecular formula is C25H46N2O4. The van der Waals surface area contributed by atoms with E-state index in [1.807, 2.05) is 6.07 Å². The van der Waals surface area contributed by atoms with Crippen molar-refractivity contribution in [1.82, 2.24) is 5.32 Å². The lowest BCUT2D eigenvalue weighted by atomic mass is 9.83. The van der Waals surface area contributed by atoms with Crippen LogP contribution in [0.25, 0.3) is 0 Å². The van der Waals surface area contributed by atoms with E-state index in [-0.39, 0.29) is 6.04 Å². The van der Waals surface area contributed by atoms with Crippen LogP contribution in [0.15, 0.2) is 18.2 Å². The Morgan fingerprint density at radius 2 is 1.77 bits per heavy atom. The highest BCUT2D eigenvalue weighted by molar-refractivity contribution is 5.43. The first kappa shape index (κ1) is 27.7. The second-order valence-corrected chi connectivity index (χ2v) is 8.78. The Morgan fingerprint density at radius 1 is 1.06 bits per heavy atom. The molecule has 31 heavy (non-hydrogen) atoms. The second-order valence-electron chi connectivity index (χ2n) is 8.78. The SMILES string of the molecule is CCC(CC)NC[C@H](O)[C@@H](N)C[C@H](Cc1ccc(OC)c(OCCCOC)c1)C(C)C. The fourth-order valence-corrected chi connectivity index (χ4v) is 3.76. The van der Waals surface area contributed by atoms with E-state index >= 15 is 0 Å². The number of ether oxygens (including phenoxy) is 3. The molecule has 1 aromatic carbocycles. The van der Waals surface area contributed by atoms with Gasteiger partial charge in [-0.2, -0.15) is 0 Å². The van der Waals surface area contributed by atoms with Crippen LogP contribution >= 0.6 is 0 Å². The molecule has 0 aromatic heterocycles. The van der Waals surface area contributed by atoms with Gasteiger partial charge in [-0.3, -0.25) is 0 Å². The minimum atomic E-state index is -0.544. The zero-order valence-corrected chi connectivity index (χ0v) is 20.5. The van der Waals surface area contributed by atoms with Gasteiger partial charge in [0.15, 0.2) is 11.5 Å². The molecule has 0 unspecified atom stereocenters. The van der Waals surface area contributed by atoms with Crippen molar-refractivity contribution in [2.24, 2.45) is 17.6 Å². The summed E-state index contributed by atoms with van der Waals surface area (Å²) < 4.78 is 16.5. The Balaban J connectivity index is 2.74. The molecule has 4 N–H and O–H groups in total. The van der Waals surface area contributed by atoms with E-state index < -0.39 is 6.10 Å². The standard InChI is InChI=1S/C25H46N2O4/c1-7-21(8-2)27-17-23(28)22(26)16-20(18(3)4)14-19-10-11-24(30-6)25(15-19)31-13-9-12-29-5/h10-11,15,18,20-23,27-28H,7-9,12-14,16-17,26H2,1-6H3/t20-,22-,23-/m0/s1. The molecule has 1 aromatic rings. The minimum Gasteiger partial charge on any atom is -0.493 e. The molecule has 6 nitrogen and oxygen atoms in total. The van der Waals surface area contributed by atoms with Crippen LogP contribution in [0.4, 0.5) is 0 Å². The van der Waals surface area contributed by atoms with E-state index in [0.29, 0.717) is 37.6 Å². The number of methoxy groups -OCH3 is 2. The summed E-state index contributed by atoms with van der Waals surface area (Å²) in [6.07, 6.45) is 4.06. The first-order valence-corrected chi connectivity index (χ1v) is 11.8. The summed E-state index contributed by atoms with van der Waals surface area (Å²) in [5.74, 6) is 2.32. The number of hydrogen-bond acceptors (Lipinski definition) is 6. The molecule has 180 valence electrons. The van der Waals surface area contributed by atoms with Gasteiger partial charge in [0.25, 0.3) is 0 Å². The molecule has 3 atom stereocenters. The van der Waals surface area contributed by atoms with E-state index in [2.05, 4.69) is 45.1 Å². The lowest BCUT2D eigenvalue weighted by Crippen LogP contribution is -2.45. The molecule has 6 heteroatoms. The molecular weight excluding hydrogens is 392 g/mol. The van der Waals surface area contributed by atoms with Crippen LogP contribution in [0.3, 0.4) is 0 Å². The smallest absolute Gasteiger partial charge is 0.161 e. The average Bonchev–Trinajstić information content (AvgIpc) is 2.76. The Hall–Kier alpha value is -1.34. The largest absolute Gasteiger partial charge is 0.493 e. The molecule has 0 saturated heterocycles. The van der Waals surface area contributed by atoms with Gasteiger partial charge in [0.2, 0.25) is 0 Å². The molecule has 0 fully saturated rings. The van der Waals surface area contributed by atoms with Crippen molar-refractivity contribution >= 4 is 0 Å². The van der Waals surface area contributed by atoms with Crippen molar-refractivity contribution in [2.45, 2.75) is 78.0 Å². The fraction of sp³-hybridized carbons (Fsp3) is 0.760. The number of benzene rings is 1. The van der Waals surface area contributed by atoms with Crippen molar-refractivity contribution in [2.75, 3.05) is 34.0 Å². The second kappa shape index (κ2) is 15.5. The lowest BCUT2D eigenvalue weighted by molar-refractivity contribution is 0.120. The molecule has 0 amide bonds. The number of hydrogen-bond donors (Lipinski definition) is 3. The predicted octanol–water partition coefficient (Wildman–Crippen LogP) is 3.78. The number of aliphatic hydroxyl groups excluding tert-OH is 1. The minimum absolute atomic E-state index is 0.253. The van der Waals surface area contributed by atoms with Crippen LogP contribution in [0.5, 0.6) is 11.5 Å². The molecule has 0 saturated carbocycles. The molecule has 0 aliphatic rings. The number of rotatable bonds is 17. The molecule has 0 spiro atoms. The maximum atomic E-state index is 10.6. The van der Waals surface area contributed by atoms with Crippen molar-refractivity contribution in [3.63, 3.8) is 0 Å². The molecule has 0 heterocycles. The van der Waals surface area contributed by atoms with Gasteiger partial charge < -0.3 is 30.4 Å². The van der Waals surface area contributed by atoms with Crippen LogP contribution < -0.4 is 20.5 Å². The summed E-state index contributed by atoms with van der Waals surface area (Å²) in [4.78, 5) is 0. The van der Waals surface area contributed by atoms with Crippen molar-refractivity contribution < 1.29 is 19.3 Å². The van der Waals surface area contributed by atoms with E-state index in [0.717, 1.165) is 43.6 Å². The molecule has 0 bridgehead atoms. The third kappa shape index (κ3) is 10.2. The van der Waals surface area contributed by atoms with Crippen molar-refractivity contribution in [3.05, 3.63) is 23.8 Å². The molecule has 0 aliphatic carbocycles. The Bertz CT molecular complexity index is 593. The predicted molar refractivity (Wildman–Crippen MR) is 128 cm³/mol. The Labute approximate surface area is 189 Å². The van der Waals surface area contributed by atoms with Crippen LogP contribution in [0, 0.1) is 11.8 Å². The quantitative estimate of drug-likeness (QED) is 0.321. The van der Waals surface area contributed by atoms with Gasteiger partial charge in [-0.1, -0.05) is 33.8 Å². The normalized spacial score (nSPS) is 14.6. The lowest BCUT2D eigenvalue weighted by Gasteiger charge is -2.28. The van der Waals surface area contributed by atoms with E-state index in [1.54, 1.807) is 14.2 Å². The van der Waals surface area contributed by atoms with Gasteiger partial charge in [0.05, 0.1) is 19.8 Å². The van der Waals surface area contributed by atoms with Crippen molar-refractivity contribution in [3.8, 4) is 11.5 Å². The number of nitrogens with two attached hydrogens (primary N) is 1. The summed E-state index contributed by atoms with van der Waals surface area (Å²) in [7, 11) is 3.35. The Morgan fingerprint density at radius 3 is 2.35 bits per heavy atom. The highest BCUT2D eigenvalue weighted by atomic mass is 16.5. The molecule has 0 radical (unpaired) electrons. The maximum Gasteiger partial charge on any atom is 0.161 e. The average molecular weight is 439 g/mol. The van der Waals surface area contributed by atoms with Gasteiger partial charge in [-0.25, -0.2) is 0 Å². The van der Waals surface area contributed by atoms with Crippen LogP contribution in [-0.4, -0.2) is 57.3 Å². The van der Waals surface area contributed by atoms with E-state index in [9.17, 15) is 5.11 Å². The number of aliphatic hydroxyl groups is 1. The topological polar surface area (TPSA) is 86.0 Å². The monoisotopic (exact) mass is 438 g/mol. The first-order valence-electron chi connectivity index (χ1n) is 11.8. The van der Waals surface area contributed by atoms with Gasteiger partial charge in [-0.15, -0.1) is 0 Å². The van der Waals surface area contributed by atoms with E-state index in [4.69, 9.17) is 19.9 Å². The third-order valence-corrected chi connectivity index (χ3v) is 6.09. The van der Waals surface area contributed by atoms with Gasteiger partial charge in [0, 0.05) is 38.8 Å². The van der Waals surface area contributed by atoms with Gasteiger partial charge >= 0.3 is 0 Å². The number of nitrogens with one attached hydrogen (secondary N) is 1. The first-order chi connectivity index (χ1) is 14.9. The Kier molecular flexibility index (Phi) is 13.8. The third-order valence-electron chi connectivity index (χ3n) is 6.09. The highest BCUT2D eigenvalue weighted by Gasteiger charge is 2.23. The fourth-order valence-electron chi connectivity index (χ4n) is 3.76. The maximum absolute atomic E-state index is 10.6. The summed E-state index contributed by atoms with van der Waals surface area (Å²) in [6.45, 7) is 10.6. The van der Waals surface area contributed by atoms with Crippen LogP contribution in [0.1, 0.15) is 58.9 Å². The summed E-state index contributed by atoms with van der Waals surface area (Å²) >= 11 is 0. The van der Waals surface area contributed by atoms with Crippen LogP contribution in [-0.2, 0) is 11.2 Å². The van der Waals surface area contributed by atoms with Crippen LogP contribution in [0.2, 0.25) is 0 Å². The molecule has 1 rings (SSSR count). The zero-order chi connectivity index (χ0) is 23.2.